The van der Waals surface area contributed by atoms with E-state index in [1.807, 2.05) is 68.5 Å². The van der Waals surface area contributed by atoms with Crippen molar-refractivity contribution in [2.75, 3.05) is 13.1 Å². The number of carbonyl (C=O) groups is 1. The monoisotopic (exact) mass is 400 g/mol. The number of thioether (sulfide) groups is 1. The molecule has 1 aliphatic rings. The fourth-order valence-corrected chi connectivity index (χ4v) is 3.92. The summed E-state index contributed by atoms with van der Waals surface area (Å²) in [6.45, 7) is 5.62. The van der Waals surface area contributed by atoms with Crippen molar-refractivity contribution in [3.05, 3.63) is 69.6 Å². The van der Waals surface area contributed by atoms with Crippen molar-refractivity contribution in [3.63, 3.8) is 0 Å². The second-order valence-electron chi connectivity index (χ2n) is 5.87. The molecule has 1 aliphatic heterocycles. The Balaban J connectivity index is 1.69. The molecule has 4 nitrogen and oxygen atoms in total. The zero-order chi connectivity index (χ0) is 19.2. The largest absolute Gasteiger partial charge is 0.489 e. The molecule has 3 rings (SSSR count). The molecule has 2 aromatic rings. The van der Waals surface area contributed by atoms with Gasteiger partial charge in [-0.3, -0.25) is 14.7 Å². The van der Waals surface area contributed by atoms with Crippen LogP contribution in [-0.2, 0) is 11.4 Å². The third kappa shape index (κ3) is 4.73. The number of hydrogen-bond donors (Lipinski definition) is 0. The molecule has 0 radical (unpaired) electrons. The zero-order valence-corrected chi connectivity index (χ0v) is 16.9. The van der Waals surface area contributed by atoms with Crippen LogP contribution < -0.4 is 4.74 Å². The van der Waals surface area contributed by atoms with Crippen LogP contribution in [-0.4, -0.2) is 29.1 Å². The molecule has 1 saturated heterocycles. The van der Waals surface area contributed by atoms with E-state index in [4.69, 9.17) is 16.3 Å². The Morgan fingerprint density at radius 1 is 1.15 bits per heavy atom. The molecule has 0 bridgehead atoms. The first kappa shape index (κ1) is 19.5. The molecule has 0 atom stereocenters. The minimum absolute atomic E-state index is 0.00810. The Bertz CT molecular complexity index is 878. The minimum atomic E-state index is 0.00810. The summed E-state index contributed by atoms with van der Waals surface area (Å²) in [5.74, 6) is 0.764. The fourth-order valence-electron chi connectivity index (χ4n) is 2.63. The summed E-state index contributed by atoms with van der Waals surface area (Å²) in [5.41, 5.74) is 1.89. The average Bonchev–Trinajstić information content (AvgIpc) is 2.97. The summed E-state index contributed by atoms with van der Waals surface area (Å²) in [7, 11) is 0. The van der Waals surface area contributed by atoms with E-state index in [-0.39, 0.29) is 5.91 Å². The van der Waals surface area contributed by atoms with Crippen LogP contribution in [0.4, 0.5) is 0 Å². The molecular formula is C21H21ClN2O2S. The Kier molecular flexibility index (Phi) is 6.58. The SMILES string of the molecule is CCN=C1S/C(=C\c2ccc(OCc3ccccc3Cl)cc2)C(=O)N1CC. The van der Waals surface area contributed by atoms with Crippen LogP contribution in [0.25, 0.3) is 6.08 Å². The first-order chi connectivity index (χ1) is 13.1. The summed E-state index contributed by atoms with van der Waals surface area (Å²) in [5, 5.41) is 1.47. The van der Waals surface area contributed by atoms with E-state index in [0.717, 1.165) is 22.0 Å². The van der Waals surface area contributed by atoms with E-state index < -0.39 is 0 Å². The first-order valence-corrected chi connectivity index (χ1v) is 10.0. The van der Waals surface area contributed by atoms with Gasteiger partial charge in [-0.05, 0) is 55.4 Å². The quantitative estimate of drug-likeness (QED) is 0.623. The maximum atomic E-state index is 12.5. The molecule has 0 unspecified atom stereocenters. The highest BCUT2D eigenvalue weighted by molar-refractivity contribution is 8.18. The molecule has 27 heavy (non-hydrogen) atoms. The van der Waals surface area contributed by atoms with Gasteiger partial charge in [0.05, 0.1) is 4.91 Å². The molecule has 0 N–H and O–H groups in total. The van der Waals surface area contributed by atoms with Gasteiger partial charge in [0.25, 0.3) is 5.91 Å². The van der Waals surface area contributed by atoms with Crippen LogP contribution in [0.3, 0.4) is 0 Å². The lowest BCUT2D eigenvalue weighted by molar-refractivity contribution is -0.122. The maximum absolute atomic E-state index is 12.5. The van der Waals surface area contributed by atoms with E-state index >= 15 is 0 Å². The molecule has 0 saturated carbocycles. The molecule has 2 aromatic carbocycles. The third-order valence-electron chi connectivity index (χ3n) is 4.03. The van der Waals surface area contributed by atoms with E-state index in [0.29, 0.717) is 29.6 Å². The van der Waals surface area contributed by atoms with Crippen molar-refractivity contribution in [2.24, 2.45) is 4.99 Å². The van der Waals surface area contributed by atoms with Gasteiger partial charge in [-0.2, -0.15) is 0 Å². The number of amides is 1. The number of halogens is 1. The first-order valence-electron chi connectivity index (χ1n) is 8.84. The summed E-state index contributed by atoms with van der Waals surface area (Å²) >= 11 is 7.57. The van der Waals surface area contributed by atoms with E-state index in [1.165, 1.54) is 11.8 Å². The van der Waals surface area contributed by atoms with E-state index in [9.17, 15) is 4.79 Å². The van der Waals surface area contributed by atoms with Gasteiger partial charge in [0.15, 0.2) is 5.17 Å². The van der Waals surface area contributed by atoms with E-state index in [1.54, 1.807) is 4.90 Å². The molecule has 1 heterocycles. The number of carbonyl (C=O) groups excluding carboxylic acids is 1. The number of aliphatic imine (C=N–C) groups is 1. The number of amidine groups is 1. The topological polar surface area (TPSA) is 41.9 Å². The Labute approximate surface area is 168 Å². The summed E-state index contributed by atoms with van der Waals surface area (Å²) < 4.78 is 5.80. The number of hydrogen-bond acceptors (Lipinski definition) is 4. The predicted octanol–water partition coefficient (Wildman–Crippen LogP) is 5.23. The van der Waals surface area contributed by atoms with Gasteiger partial charge in [-0.25, -0.2) is 0 Å². The number of nitrogens with zero attached hydrogens (tertiary/aromatic N) is 2. The Hall–Kier alpha value is -2.24. The number of benzene rings is 2. The lowest BCUT2D eigenvalue weighted by Crippen LogP contribution is -2.28. The van der Waals surface area contributed by atoms with Gasteiger partial charge < -0.3 is 4.74 Å². The van der Waals surface area contributed by atoms with Crippen LogP contribution in [0.2, 0.25) is 5.02 Å². The second-order valence-corrected chi connectivity index (χ2v) is 7.28. The van der Waals surface area contributed by atoms with Crippen molar-refractivity contribution in [1.29, 1.82) is 0 Å². The molecule has 140 valence electrons. The zero-order valence-electron chi connectivity index (χ0n) is 15.3. The van der Waals surface area contributed by atoms with Gasteiger partial charge >= 0.3 is 0 Å². The van der Waals surface area contributed by atoms with Crippen LogP contribution in [0.15, 0.2) is 58.4 Å². The van der Waals surface area contributed by atoms with Gasteiger partial charge in [0.1, 0.15) is 12.4 Å². The van der Waals surface area contributed by atoms with Crippen molar-refractivity contribution < 1.29 is 9.53 Å². The highest BCUT2D eigenvalue weighted by Crippen LogP contribution is 2.32. The van der Waals surface area contributed by atoms with Crippen molar-refractivity contribution in [2.45, 2.75) is 20.5 Å². The van der Waals surface area contributed by atoms with Crippen LogP contribution in [0.5, 0.6) is 5.75 Å². The second kappa shape index (κ2) is 9.11. The molecule has 0 spiro atoms. The number of rotatable bonds is 6. The summed E-state index contributed by atoms with van der Waals surface area (Å²) in [6, 6.07) is 15.3. The summed E-state index contributed by atoms with van der Waals surface area (Å²) in [4.78, 5) is 19.3. The van der Waals surface area contributed by atoms with Crippen LogP contribution >= 0.6 is 23.4 Å². The highest BCUT2D eigenvalue weighted by Gasteiger charge is 2.31. The highest BCUT2D eigenvalue weighted by atomic mass is 35.5. The van der Waals surface area contributed by atoms with Crippen molar-refractivity contribution in [3.8, 4) is 5.75 Å². The van der Waals surface area contributed by atoms with Gasteiger partial charge in [-0.1, -0.05) is 41.9 Å². The predicted molar refractivity (Wildman–Crippen MR) is 113 cm³/mol. The van der Waals surface area contributed by atoms with Gasteiger partial charge in [-0.15, -0.1) is 0 Å². The minimum Gasteiger partial charge on any atom is -0.489 e. The fraction of sp³-hybridized carbons (Fsp3) is 0.238. The smallest absolute Gasteiger partial charge is 0.266 e. The Morgan fingerprint density at radius 2 is 1.89 bits per heavy atom. The van der Waals surface area contributed by atoms with Crippen LogP contribution in [0.1, 0.15) is 25.0 Å². The van der Waals surface area contributed by atoms with Crippen molar-refractivity contribution in [1.82, 2.24) is 4.90 Å². The molecular weight excluding hydrogens is 380 g/mol. The molecule has 1 fully saturated rings. The number of likely N-dealkylation sites (N-methyl/N-ethyl adjacent to an activating group) is 1. The van der Waals surface area contributed by atoms with Crippen molar-refractivity contribution >= 4 is 40.5 Å². The molecule has 6 heteroatoms. The average molecular weight is 401 g/mol. The van der Waals surface area contributed by atoms with Crippen LogP contribution in [0, 0.1) is 0 Å². The summed E-state index contributed by atoms with van der Waals surface area (Å²) in [6.07, 6.45) is 1.89. The van der Waals surface area contributed by atoms with Gasteiger partial charge in [0.2, 0.25) is 0 Å². The normalized spacial score (nSPS) is 17.1. The molecule has 0 aromatic heterocycles. The standard InChI is InChI=1S/C21H21ClN2O2S/c1-3-23-21-24(4-2)20(25)19(27-21)13-15-9-11-17(12-10-15)26-14-16-7-5-6-8-18(16)22/h5-13H,3-4,14H2,1-2H3/b19-13-,23-21?. The van der Waals surface area contributed by atoms with E-state index in [2.05, 4.69) is 4.99 Å². The van der Waals surface area contributed by atoms with Gasteiger partial charge in [0, 0.05) is 23.7 Å². The maximum Gasteiger partial charge on any atom is 0.266 e. The lowest BCUT2D eigenvalue weighted by Gasteiger charge is -2.11. The molecule has 0 aliphatic carbocycles. The lowest BCUT2D eigenvalue weighted by atomic mass is 10.2. The number of ether oxygens (including phenoxy) is 1. The Morgan fingerprint density at radius 3 is 2.56 bits per heavy atom. The third-order valence-corrected chi connectivity index (χ3v) is 5.44. The molecule has 1 amide bonds.